The van der Waals surface area contributed by atoms with Crippen molar-refractivity contribution in [1.82, 2.24) is 10.2 Å². The largest absolute Gasteiger partial charge is 0.491 e. The van der Waals surface area contributed by atoms with Crippen LogP contribution < -0.4 is 10.1 Å². The van der Waals surface area contributed by atoms with Crippen molar-refractivity contribution < 1.29 is 24.2 Å². The molecule has 0 aromatic heterocycles. The summed E-state index contributed by atoms with van der Waals surface area (Å²) < 4.78 is 11.0. The van der Waals surface area contributed by atoms with Crippen molar-refractivity contribution in [3.63, 3.8) is 0 Å². The molecule has 1 fully saturated rings. The molecule has 0 aliphatic carbocycles. The van der Waals surface area contributed by atoms with Crippen LogP contribution in [0.2, 0.25) is 0 Å². The minimum atomic E-state index is -0.848. The number of carboxylic acid groups (broad SMARTS) is 1. The molecule has 1 aliphatic heterocycles. The van der Waals surface area contributed by atoms with Crippen LogP contribution in [0.3, 0.4) is 0 Å². The molecule has 1 atom stereocenters. The van der Waals surface area contributed by atoms with Gasteiger partial charge in [0.2, 0.25) is 0 Å². The van der Waals surface area contributed by atoms with Gasteiger partial charge in [-0.1, -0.05) is 12.1 Å². The third-order valence-electron chi connectivity index (χ3n) is 4.17. The van der Waals surface area contributed by atoms with E-state index in [-0.39, 0.29) is 12.6 Å². The van der Waals surface area contributed by atoms with Crippen LogP contribution in [-0.2, 0) is 16.1 Å². The molecule has 1 aromatic carbocycles. The van der Waals surface area contributed by atoms with Gasteiger partial charge in [-0.25, -0.2) is 4.79 Å². The van der Waals surface area contributed by atoms with E-state index >= 15 is 0 Å². The van der Waals surface area contributed by atoms with E-state index in [2.05, 4.69) is 5.32 Å². The second-order valence-corrected chi connectivity index (χ2v) is 6.09. The molecule has 0 saturated carbocycles. The summed E-state index contributed by atoms with van der Waals surface area (Å²) in [5.74, 6) is -0.591. The molecule has 2 rings (SSSR count). The van der Waals surface area contributed by atoms with Gasteiger partial charge in [0, 0.05) is 31.8 Å². The lowest BCUT2D eigenvalue weighted by molar-refractivity contribution is -0.141. The topological polar surface area (TPSA) is 88.1 Å². The monoisotopic (exact) mass is 350 g/mol. The van der Waals surface area contributed by atoms with Crippen molar-refractivity contribution in [2.75, 3.05) is 32.9 Å². The average molecular weight is 350 g/mol. The average Bonchev–Trinajstić information content (AvgIpc) is 3.08. The molecule has 7 nitrogen and oxygen atoms in total. The van der Waals surface area contributed by atoms with Crippen LogP contribution in [0.15, 0.2) is 18.2 Å². The highest BCUT2D eigenvalue weighted by Gasteiger charge is 2.30. The van der Waals surface area contributed by atoms with Crippen molar-refractivity contribution >= 4 is 12.0 Å². The van der Waals surface area contributed by atoms with E-state index in [1.165, 1.54) is 0 Å². The number of hydrogen-bond donors (Lipinski definition) is 2. The van der Waals surface area contributed by atoms with Crippen molar-refractivity contribution in [2.45, 2.75) is 26.8 Å². The zero-order valence-corrected chi connectivity index (χ0v) is 14.8. The van der Waals surface area contributed by atoms with Crippen molar-refractivity contribution in [2.24, 2.45) is 5.92 Å². The number of carboxylic acids is 1. The Bertz CT molecular complexity index is 605. The number of likely N-dealkylation sites (tertiary alicyclic amines) is 1. The van der Waals surface area contributed by atoms with Gasteiger partial charge in [-0.2, -0.15) is 0 Å². The molecule has 0 bridgehead atoms. The fourth-order valence-electron chi connectivity index (χ4n) is 2.73. The summed E-state index contributed by atoms with van der Waals surface area (Å²) in [4.78, 5) is 24.8. The molecule has 1 aliphatic rings. The SMILES string of the molecule is CCOCCOc1cc(C)ccc1CNC(=O)N1CCC(C(=O)O)C1. The molecule has 2 amide bonds. The summed E-state index contributed by atoms with van der Waals surface area (Å²) >= 11 is 0. The van der Waals surface area contributed by atoms with Crippen LogP contribution in [0.25, 0.3) is 0 Å². The van der Waals surface area contributed by atoms with E-state index < -0.39 is 11.9 Å². The summed E-state index contributed by atoms with van der Waals surface area (Å²) in [6, 6.07) is 5.58. The second kappa shape index (κ2) is 9.27. The number of ether oxygens (including phenoxy) is 2. The van der Waals surface area contributed by atoms with Crippen LogP contribution in [-0.4, -0.2) is 54.9 Å². The first-order chi connectivity index (χ1) is 12.0. The molecule has 0 radical (unpaired) electrons. The molecule has 1 heterocycles. The first-order valence-corrected chi connectivity index (χ1v) is 8.57. The van der Waals surface area contributed by atoms with Crippen molar-refractivity contribution in [3.8, 4) is 5.75 Å². The molecule has 2 N–H and O–H groups in total. The van der Waals surface area contributed by atoms with Gasteiger partial charge in [0.25, 0.3) is 0 Å². The number of benzene rings is 1. The zero-order chi connectivity index (χ0) is 18.2. The van der Waals surface area contributed by atoms with E-state index in [0.717, 1.165) is 16.9 Å². The Hall–Kier alpha value is -2.28. The molecule has 1 unspecified atom stereocenters. The summed E-state index contributed by atoms with van der Waals surface area (Å²) in [7, 11) is 0. The highest BCUT2D eigenvalue weighted by atomic mass is 16.5. The van der Waals surface area contributed by atoms with Gasteiger partial charge in [0.1, 0.15) is 12.4 Å². The zero-order valence-electron chi connectivity index (χ0n) is 14.8. The maximum atomic E-state index is 12.2. The number of amides is 2. The van der Waals surface area contributed by atoms with Crippen LogP contribution in [0.4, 0.5) is 4.79 Å². The van der Waals surface area contributed by atoms with Crippen LogP contribution in [0, 0.1) is 12.8 Å². The number of aliphatic carboxylic acids is 1. The van der Waals surface area contributed by atoms with E-state index in [0.29, 0.717) is 39.3 Å². The molecule has 1 aromatic rings. The third kappa shape index (κ3) is 5.63. The Morgan fingerprint density at radius 2 is 2.16 bits per heavy atom. The molecule has 25 heavy (non-hydrogen) atoms. The lowest BCUT2D eigenvalue weighted by atomic mass is 10.1. The van der Waals surface area contributed by atoms with E-state index in [1.807, 2.05) is 32.0 Å². The number of rotatable bonds is 8. The maximum absolute atomic E-state index is 12.2. The Morgan fingerprint density at radius 3 is 2.84 bits per heavy atom. The molecular weight excluding hydrogens is 324 g/mol. The summed E-state index contributed by atoms with van der Waals surface area (Å²) in [6.07, 6.45) is 0.499. The van der Waals surface area contributed by atoms with Crippen LogP contribution in [0.5, 0.6) is 5.75 Å². The van der Waals surface area contributed by atoms with Gasteiger partial charge >= 0.3 is 12.0 Å². The Balaban J connectivity index is 1.89. The molecule has 7 heteroatoms. The minimum absolute atomic E-state index is 0.246. The quantitative estimate of drug-likeness (QED) is 0.701. The Kier molecular flexibility index (Phi) is 7.06. The number of carbonyl (C=O) groups excluding carboxylic acids is 1. The van der Waals surface area contributed by atoms with Gasteiger partial charge in [-0.05, 0) is 31.9 Å². The predicted molar refractivity (Wildman–Crippen MR) is 92.7 cm³/mol. The number of urea groups is 1. The predicted octanol–water partition coefficient (Wildman–Crippen LogP) is 2.03. The highest BCUT2D eigenvalue weighted by Crippen LogP contribution is 2.21. The molecular formula is C18H26N2O5. The lowest BCUT2D eigenvalue weighted by Crippen LogP contribution is -2.38. The van der Waals surface area contributed by atoms with Gasteiger partial charge in [-0.3, -0.25) is 4.79 Å². The fraction of sp³-hybridized carbons (Fsp3) is 0.556. The van der Waals surface area contributed by atoms with Crippen LogP contribution >= 0.6 is 0 Å². The smallest absolute Gasteiger partial charge is 0.317 e. The first-order valence-electron chi connectivity index (χ1n) is 8.57. The van der Waals surface area contributed by atoms with Crippen molar-refractivity contribution in [3.05, 3.63) is 29.3 Å². The standard InChI is InChI=1S/C18H26N2O5/c1-3-24-8-9-25-16-10-13(2)4-5-14(16)11-19-18(23)20-7-6-15(12-20)17(21)22/h4-5,10,15H,3,6-9,11-12H2,1-2H3,(H,19,23)(H,21,22). The van der Waals surface area contributed by atoms with Gasteiger partial charge < -0.3 is 24.8 Å². The van der Waals surface area contributed by atoms with Gasteiger partial charge in [-0.15, -0.1) is 0 Å². The van der Waals surface area contributed by atoms with Crippen molar-refractivity contribution in [1.29, 1.82) is 0 Å². The summed E-state index contributed by atoms with van der Waals surface area (Å²) in [5.41, 5.74) is 1.95. The second-order valence-electron chi connectivity index (χ2n) is 6.09. The van der Waals surface area contributed by atoms with Crippen LogP contribution in [0.1, 0.15) is 24.5 Å². The third-order valence-corrected chi connectivity index (χ3v) is 4.17. The number of nitrogens with zero attached hydrogens (tertiary/aromatic N) is 1. The molecule has 1 saturated heterocycles. The van der Waals surface area contributed by atoms with Gasteiger partial charge in [0.15, 0.2) is 0 Å². The normalized spacial score (nSPS) is 16.7. The number of hydrogen-bond acceptors (Lipinski definition) is 4. The fourth-order valence-corrected chi connectivity index (χ4v) is 2.73. The number of aryl methyl sites for hydroxylation is 1. The summed E-state index contributed by atoms with van der Waals surface area (Å²) in [5, 5.41) is 11.9. The highest BCUT2D eigenvalue weighted by molar-refractivity contribution is 5.77. The van der Waals surface area contributed by atoms with E-state index in [9.17, 15) is 9.59 Å². The van der Waals surface area contributed by atoms with E-state index in [1.54, 1.807) is 4.90 Å². The summed E-state index contributed by atoms with van der Waals surface area (Å²) in [6.45, 7) is 6.58. The minimum Gasteiger partial charge on any atom is -0.491 e. The number of nitrogens with one attached hydrogen (secondary N) is 1. The van der Waals surface area contributed by atoms with Gasteiger partial charge in [0.05, 0.1) is 12.5 Å². The maximum Gasteiger partial charge on any atom is 0.317 e. The Morgan fingerprint density at radius 1 is 1.36 bits per heavy atom. The molecule has 0 spiro atoms. The molecule has 138 valence electrons. The van der Waals surface area contributed by atoms with E-state index in [4.69, 9.17) is 14.6 Å². The number of carbonyl (C=O) groups is 2. The first kappa shape index (κ1) is 19.1. The Labute approximate surface area is 147 Å². The lowest BCUT2D eigenvalue weighted by Gasteiger charge is -2.18.